The van der Waals surface area contributed by atoms with Gasteiger partial charge in [-0.05, 0) is 20.8 Å². The normalized spacial score (nSPS) is 5.30. The molecule has 0 aliphatic carbocycles. The Morgan fingerprint density at radius 1 is 1.10 bits per heavy atom. The Kier molecular flexibility index (Phi) is 52.6. The van der Waals surface area contributed by atoms with Gasteiger partial charge in [0.05, 0.1) is 0 Å². The van der Waals surface area contributed by atoms with Crippen molar-refractivity contribution in [1.82, 2.24) is 0 Å². The van der Waals surface area contributed by atoms with Gasteiger partial charge >= 0.3 is 0 Å². The van der Waals surface area contributed by atoms with Gasteiger partial charge in [-0.2, -0.15) is 0 Å². The summed E-state index contributed by atoms with van der Waals surface area (Å²) in [6.45, 7) is 10.5. The molecule has 0 aromatic carbocycles. The lowest BCUT2D eigenvalue weighted by Crippen LogP contribution is -1.52. The fourth-order valence-corrected chi connectivity index (χ4v) is 0. The molecule has 0 spiro atoms. The molecule has 0 rings (SSSR count). The summed E-state index contributed by atoms with van der Waals surface area (Å²) in [5, 5.41) is 0. The third kappa shape index (κ3) is 116. The van der Waals surface area contributed by atoms with Crippen LogP contribution in [0.5, 0.6) is 0 Å². The molecule has 0 saturated heterocycles. The lowest BCUT2D eigenvalue weighted by atomic mass is 10.3. The molecule has 0 heteroatoms. The third-order valence-corrected chi connectivity index (χ3v) is 0.577. The molecule has 0 saturated carbocycles. The van der Waals surface area contributed by atoms with E-state index in [0.717, 1.165) is 0 Å². The lowest BCUT2D eigenvalue weighted by molar-refractivity contribution is 1.09. The molecular formula is C10H26. The highest BCUT2D eigenvalue weighted by Crippen LogP contribution is 1.82. The van der Waals surface area contributed by atoms with Crippen molar-refractivity contribution in [2.75, 3.05) is 0 Å². The van der Waals surface area contributed by atoms with Gasteiger partial charge < -0.3 is 0 Å². The van der Waals surface area contributed by atoms with E-state index in [1.807, 2.05) is 6.92 Å². The van der Waals surface area contributed by atoms with Gasteiger partial charge in [0.2, 0.25) is 0 Å². The maximum absolute atomic E-state index is 2.12. The summed E-state index contributed by atoms with van der Waals surface area (Å²) in [6.07, 6.45) is 3.33. The fourth-order valence-electron chi connectivity index (χ4n) is 0. The van der Waals surface area contributed by atoms with Gasteiger partial charge in [0.1, 0.15) is 0 Å². The second-order valence-corrected chi connectivity index (χ2v) is 2.07. The molecule has 66 valence electrons. The largest absolute Gasteiger partial charge is 0.0890 e. The van der Waals surface area contributed by atoms with E-state index in [1.54, 1.807) is 0 Å². The molecule has 0 bridgehead atoms. The third-order valence-electron chi connectivity index (χ3n) is 0.577. The minimum Gasteiger partial charge on any atom is -0.0890 e. The molecule has 0 unspecified atom stereocenters. The average molecular weight is 146 g/mol. The Morgan fingerprint density at radius 3 is 1.20 bits per heavy atom. The van der Waals surface area contributed by atoms with E-state index >= 15 is 0 Å². The van der Waals surface area contributed by atoms with Crippen LogP contribution in [-0.2, 0) is 0 Å². The average Bonchev–Trinajstić information content (AvgIpc) is 1.69. The van der Waals surface area contributed by atoms with Gasteiger partial charge in [0, 0.05) is 0 Å². The van der Waals surface area contributed by atoms with Crippen molar-refractivity contribution in [2.24, 2.45) is 0 Å². The van der Waals surface area contributed by atoms with Crippen LogP contribution in [0.3, 0.4) is 0 Å². The van der Waals surface area contributed by atoms with E-state index in [4.69, 9.17) is 0 Å². The summed E-state index contributed by atoms with van der Waals surface area (Å²) in [7, 11) is 0. The van der Waals surface area contributed by atoms with E-state index in [2.05, 4.69) is 33.8 Å². The van der Waals surface area contributed by atoms with Crippen LogP contribution in [0.25, 0.3) is 0 Å². The van der Waals surface area contributed by atoms with Gasteiger partial charge in [0.25, 0.3) is 0 Å². The van der Waals surface area contributed by atoms with Crippen LogP contribution in [0, 0.1) is 0 Å². The Morgan fingerprint density at radius 2 is 1.20 bits per heavy atom. The fraction of sp³-hybridized carbons (Fsp3) is 0.800. The Bertz CT molecular complexity index is 47.1. The highest BCUT2D eigenvalue weighted by atomic mass is 13.7. The molecule has 10 heavy (non-hydrogen) atoms. The van der Waals surface area contributed by atoms with Crippen molar-refractivity contribution in [3.63, 3.8) is 0 Å². The minimum absolute atomic E-state index is 0. The molecule has 0 fully saturated rings. The van der Waals surface area contributed by atoms with Gasteiger partial charge in [-0.3, -0.25) is 0 Å². The Labute approximate surface area is 68.4 Å². The number of hydrogen-bond acceptors (Lipinski definition) is 0. The van der Waals surface area contributed by atoms with Crippen LogP contribution in [0.1, 0.15) is 55.9 Å². The van der Waals surface area contributed by atoms with Crippen LogP contribution in [-0.4, -0.2) is 0 Å². The lowest BCUT2D eigenvalue weighted by Gasteiger charge is -1.74. The van der Waals surface area contributed by atoms with Crippen LogP contribution in [0.4, 0.5) is 0 Å². The first kappa shape index (κ1) is 22.6. The molecule has 0 aliphatic rings. The van der Waals surface area contributed by atoms with Gasteiger partial charge in [-0.25, -0.2) is 0 Å². The van der Waals surface area contributed by atoms with E-state index in [1.165, 1.54) is 12.0 Å². The molecular weight excluding hydrogens is 120 g/mol. The van der Waals surface area contributed by atoms with Crippen LogP contribution >= 0.6 is 0 Å². The van der Waals surface area contributed by atoms with Crippen LogP contribution in [0.2, 0.25) is 0 Å². The van der Waals surface area contributed by atoms with Crippen molar-refractivity contribution < 1.29 is 0 Å². The minimum atomic E-state index is 0. The smallest absolute Gasteiger partial charge is 0.0442 e. The molecule has 0 nitrogen and oxygen atoms in total. The molecule has 0 heterocycles. The summed E-state index contributed by atoms with van der Waals surface area (Å²) in [4.78, 5) is 0. The monoisotopic (exact) mass is 146 g/mol. The molecule has 0 atom stereocenters. The van der Waals surface area contributed by atoms with Gasteiger partial charge in [-0.1, -0.05) is 46.8 Å². The number of rotatable bonds is 0. The van der Waals surface area contributed by atoms with E-state index < -0.39 is 0 Å². The van der Waals surface area contributed by atoms with Crippen molar-refractivity contribution in [1.29, 1.82) is 0 Å². The van der Waals surface area contributed by atoms with Gasteiger partial charge in [-0.15, -0.1) is 0 Å². The van der Waals surface area contributed by atoms with E-state index in [-0.39, 0.29) is 14.9 Å². The van der Waals surface area contributed by atoms with Crippen molar-refractivity contribution in [3.8, 4) is 0 Å². The summed E-state index contributed by atoms with van der Waals surface area (Å²) in [5.74, 6) is 0. The predicted molar refractivity (Wildman–Crippen MR) is 54.5 cm³/mol. The second kappa shape index (κ2) is 23.3. The van der Waals surface area contributed by atoms with E-state index in [9.17, 15) is 0 Å². The maximum Gasteiger partial charge on any atom is -0.0442 e. The topological polar surface area (TPSA) is 0 Å². The van der Waals surface area contributed by atoms with Crippen molar-refractivity contribution in [2.45, 2.75) is 55.9 Å². The summed E-state index contributed by atoms with van der Waals surface area (Å²) in [6, 6.07) is 0. The predicted octanol–water partition coefficient (Wildman–Crippen LogP) is 4.66. The molecule has 0 amide bonds. The first-order valence-corrected chi connectivity index (χ1v) is 3.28. The van der Waals surface area contributed by atoms with E-state index in [0.29, 0.717) is 0 Å². The molecule has 0 radical (unpaired) electrons. The first-order chi connectivity index (χ1) is 3.68. The zero-order chi connectivity index (χ0) is 6.99. The number of hydrogen-bond donors (Lipinski definition) is 0. The maximum atomic E-state index is 2.12. The first-order valence-electron chi connectivity index (χ1n) is 3.28. The summed E-state index contributed by atoms with van der Waals surface area (Å²) >= 11 is 0. The van der Waals surface area contributed by atoms with Crippen LogP contribution < -0.4 is 0 Å². The van der Waals surface area contributed by atoms with Gasteiger partial charge in [0.15, 0.2) is 0 Å². The molecule has 0 aromatic rings. The number of allylic oxidation sites excluding steroid dienone is 2. The molecule has 0 aromatic heterocycles. The SMILES string of the molecule is C.C.CC=C(C)C.CCC. The highest BCUT2D eigenvalue weighted by Gasteiger charge is 1.60. The standard InChI is InChI=1S/C5H10.C3H8.2CH4/c1-4-5(2)3;1-3-2;;/h4H,1-3H3;3H2,1-2H3;2*1H4. The summed E-state index contributed by atoms with van der Waals surface area (Å²) < 4.78 is 0. The Hall–Kier alpha value is -0.260. The quantitative estimate of drug-likeness (QED) is 0.436. The Balaban J connectivity index is -0.0000000326. The molecule has 0 N–H and O–H groups in total. The van der Waals surface area contributed by atoms with Crippen molar-refractivity contribution >= 4 is 0 Å². The van der Waals surface area contributed by atoms with Crippen molar-refractivity contribution in [3.05, 3.63) is 11.6 Å². The highest BCUT2D eigenvalue weighted by molar-refractivity contribution is 4.88. The summed E-state index contributed by atoms with van der Waals surface area (Å²) in [5.41, 5.74) is 1.38. The zero-order valence-electron chi connectivity index (χ0n) is 6.78. The molecule has 0 aliphatic heterocycles. The zero-order valence-corrected chi connectivity index (χ0v) is 6.78. The second-order valence-electron chi connectivity index (χ2n) is 2.07. The van der Waals surface area contributed by atoms with Crippen LogP contribution in [0.15, 0.2) is 11.6 Å².